The van der Waals surface area contributed by atoms with Crippen LogP contribution in [0.4, 0.5) is 0 Å². The first-order valence-corrected chi connectivity index (χ1v) is 10.4. The lowest BCUT2D eigenvalue weighted by atomic mass is 10.00. The van der Waals surface area contributed by atoms with Crippen molar-refractivity contribution in [2.75, 3.05) is 0 Å². The van der Waals surface area contributed by atoms with Gasteiger partial charge in [-0.25, -0.2) is 9.59 Å². The molecule has 0 fully saturated rings. The third-order valence-electron chi connectivity index (χ3n) is 5.64. The first-order chi connectivity index (χ1) is 15.2. The Morgan fingerprint density at radius 3 is 2.38 bits per heavy atom. The largest absolute Gasteiger partial charge is 0.423 e. The number of ether oxygens (including phenoxy) is 2. The molecule has 0 aromatic heterocycles. The van der Waals surface area contributed by atoms with Gasteiger partial charge in [0.1, 0.15) is 11.5 Å². The van der Waals surface area contributed by atoms with E-state index in [1.807, 2.05) is 6.07 Å². The van der Waals surface area contributed by atoms with E-state index >= 15 is 0 Å². The lowest BCUT2D eigenvalue weighted by Crippen LogP contribution is -2.14. The average molecular weight is 430 g/mol. The van der Waals surface area contributed by atoms with E-state index in [2.05, 4.69) is 13.2 Å². The van der Waals surface area contributed by atoms with Crippen molar-refractivity contribution in [3.05, 3.63) is 82.5 Å². The van der Waals surface area contributed by atoms with E-state index in [1.54, 1.807) is 24.3 Å². The van der Waals surface area contributed by atoms with Gasteiger partial charge in [0, 0.05) is 41.5 Å². The van der Waals surface area contributed by atoms with E-state index in [0.717, 1.165) is 11.1 Å². The highest BCUT2D eigenvalue weighted by molar-refractivity contribution is 6.04. The second-order valence-corrected chi connectivity index (χ2v) is 8.10. The average Bonchev–Trinajstić information content (AvgIpc) is 3.31. The van der Waals surface area contributed by atoms with Gasteiger partial charge in [0.25, 0.3) is 0 Å². The third kappa shape index (κ3) is 4.04. The normalized spacial score (nSPS) is 14.0. The predicted octanol–water partition coefficient (Wildman–Crippen LogP) is 4.13. The van der Waals surface area contributed by atoms with Gasteiger partial charge in [0.15, 0.2) is 11.6 Å². The van der Waals surface area contributed by atoms with Gasteiger partial charge < -0.3 is 9.47 Å². The van der Waals surface area contributed by atoms with Crippen LogP contribution in [0.3, 0.4) is 0 Å². The summed E-state index contributed by atoms with van der Waals surface area (Å²) in [4.78, 5) is 48.9. The Bertz CT molecular complexity index is 1220. The molecule has 0 saturated carbocycles. The highest BCUT2D eigenvalue weighted by Crippen LogP contribution is 2.34. The Kier molecular flexibility index (Phi) is 5.61. The fourth-order valence-electron chi connectivity index (χ4n) is 4.04. The molecule has 0 spiro atoms. The SMILES string of the molecule is C=C(C)C(=O)Oc1cc(CC(=C)C(=O)Oc2cccc3c2CCC3=O)cc2c1C(=O)CC2. The molecule has 6 heteroatoms. The molecule has 0 atom stereocenters. The summed E-state index contributed by atoms with van der Waals surface area (Å²) in [5, 5.41) is 0. The number of carbonyl (C=O) groups is 4. The van der Waals surface area contributed by atoms with Crippen LogP contribution in [0.25, 0.3) is 0 Å². The topological polar surface area (TPSA) is 86.7 Å². The Morgan fingerprint density at radius 2 is 1.62 bits per heavy atom. The zero-order valence-electron chi connectivity index (χ0n) is 17.8. The van der Waals surface area contributed by atoms with Gasteiger partial charge in [-0.2, -0.15) is 0 Å². The lowest BCUT2D eigenvalue weighted by Gasteiger charge is -2.13. The van der Waals surface area contributed by atoms with Gasteiger partial charge in [-0.15, -0.1) is 0 Å². The second-order valence-electron chi connectivity index (χ2n) is 8.10. The molecule has 0 amide bonds. The maximum absolute atomic E-state index is 12.7. The van der Waals surface area contributed by atoms with Gasteiger partial charge in [-0.3, -0.25) is 9.59 Å². The minimum absolute atomic E-state index is 0.0428. The van der Waals surface area contributed by atoms with Gasteiger partial charge in [0.05, 0.1) is 5.56 Å². The fourth-order valence-corrected chi connectivity index (χ4v) is 4.04. The van der Waals surface area contributed by atoms with E-state index < -0.39 is 11.9 Å². The number of benzene rings is 2. The molecule has 0 heterocycles. The number of fused-ring (bicyclic) bond motifs is 2. The maximum Gasteiger partial charge on any atom is 0.339 e. The number of rotatable bonds is 6. The van der Waals surface area contributed by atoms with Crippen LogP contribution >= 0.6 is 0 Å². The van der Waals surface area contributed by atoms with Crippen molar-refractivity contribution >= 4 is 23.5 Å². The molecule has 0 unspecified atom stereocenters. The second kappa shape index (κ2) is 8.38. The zero-order valence-corrected chi connectivity index (χ0v) is 17.8. The number of Topliss-reactive ketones (excluding diaryl/α,β-unsaturated/α-hetero) is 2. The monoisotopic (exact) mass is 430 g/mol. The van der Waals surface area contributed by atoms with Crippen LogP contribution < -0.4 is 9.47 Å². The van der Waals surface area contributed by atoms with Gasteiger partial charge >= 0.3 is 11.9 Å². The Morgan fingerprint density at radius 1 is 0.906 bits per heavy atom. The van der Waals surface area contributed by atoms with Crippen LogP contribution in [0.15, 0.2) is 54.6 Å². The van der Waals surface area contributed by atoms with Crippen molar-refractivity contribution in [3.8, 4) is 11.5 Å². The maximum atomic E-state index is 12.7. The molecule has 2 aromatic rings. The molecule has 4 rings (SSSR count). The van der Waals surface area contributed by atoms with Gasteiger partial charge in [-0.1, -0.05) is 31.4 Å². The van der Waals surface area contributed by atoms with Crippen LogP contribution in [0.1, 0.15) is 57.2 Å². The molecule has 0 radical (unpaired) electrons. The minimum Gasteiger partial charge on any atom is -0.423 e. The van der Waals surface area contributed by atoms with Crippen LogP contribution in [-0.2, 0) is 28.9 Å². The number of ketones is 2. The molecule has 6 nitrogen and oxygen atoms in total. The quantitative estimate of drug-likeness (QED) is 0.389. The Balaban J connectivity index is 1.54. The molecular weight excluding hydrogens is 408 g/mol. The summed E-state index contributed by atoms with van der Waals surface area (Å²) in [5.41, 5.74) is 3.61. The van der Waals surface area contributed by atoms with E-state index in [1.165, 1.54) is 6.92 Å². The lowest BCUT2D eigenvalue weighted by molar-refractivity contribution is -0.131. The van der Waals surface area contributed by atoms with Crippen molar-refractivity contribution < 1.29 is 28.7 Å². The van der Waals surface area contributed by atoms with E-state index in [9.17, 15) is 19.2 Å². The van der Waals surface area contributed by atoms with Gasteiger partial charge in [0.2, 0.25) is 0 Å². The highest BCUT2D eigenvalue weighted by Gasteiger charge is 2.27. The van der Waals surface area contributed by atoms with Crippen LogP contribution in [0.5, 0.6) is 11.5 Å². The number of hydrogen-bond donors (Lipinski definition) is 0. The van der Waals surface area contributed by atoms with Crippen LogP contribution in [-0.4, -0.2) is 23.5 Å². The first kappa shape index (κ1) is 21.4. The zero-order chi connectivity index (χ0) is 23.0. The summed E-state index contributed by atoms with van der Waals surface area (Å²) in [5.74, 6) is -0.712. The summed E-state index contributed by atoms with van der Waals surface area (Å²) >= 11 is 0. The molecule has 2 aromatic carbocycles. The number of carbonyl (C=O) groups excluding carboxylic acids is 4. The van der Waals surface area contributed by atoms with Crippen molar-refractivity contribution in [1.29, 1.82) is 0 Å². The fraction of sp³-hybridized carbons (Fsp3) is 0.231. The summed E-state index contributed by atoms with van der Waals surface area (Å²) in [6, 6.07) is 8.50. The van der Waals surface area contributed by atoms with E-state index in [4.69, 9.17) is 9.47 Å². The minimum atomic E-state index is -0.616. The molecular formula is C26H22O6. The molecule has 0 bridgehead atoms. The predicted molar refractivity (Wildman–Crippen MR) is 117 cm³/mol. The molecule has 2 aliphatic carbocycles. The van der Waals surface area contributed by atoms with Crippen LogP contribution in [0, 0.1) is 0 Å². The van der Waals surface area contributed by atoms with Crippen molar-refractivity contribution in [1.82, 2.24) is 0 Å². The molecule has 0 saturated heterocycles. The van der Waals surface area contributed by atoms with Crippen LogP contribution in [0.2, 0.25) is 0 Å². The van der Waals surface area contributed by atoms with Crippen molar-refractivity contribution in [3.63, 3.8) is 0 Å². The number of esters is 2. The Labute approximate surface area is 185 Å². The van der Waals surface area contributed by atoms with E-state index in [-0.39, 0.29) is 34.9 Å². The Hall–Kier alpha value is -3.80. The molecule has 0 aliphatic heterocycles. The molecule has 162 valence electrons. The standard InChI is InChI=1S/C26H22O6/c1-14(2)25(29)32-23-13-16(12-17-7-9-21(28)24(17)23)11-15(3)26(30)31-22-6-4-5-18-19(22)8-10-20(18)27/h4-6,12-13H,1,3,7-11H2,2H3. The van der Waals surface area contributed by atoms with Crippen molar-refractivity contribution in [2.24, 2.45) is 0 Å². The summed E-state index contributed by atoms with van der Waals surface area (Å²) in [6.07, 6.45) is 1.99. The molecule has 0 N–H and O–H groups in total. The summed E-state index contributed by atoms with van der Waals surface area (Å²) in [6.45, 7) is 8.95. The van der Waals surface area contributed by atoms with Crippen molar-refractivity contribution in [2.45, 2.75) is 39.0 Å². The summed E-state index contributed by atoms with van der Waals surface area (Å²) < 4.78 is 10.9. The number of aryl methyl sites for hydroxylation is 1. The number of hydrogen-bond acceptors (Lipinski definition) is 6. The molecule has 2 aliphatic rings. The summed E-state index contributed by atoms with van der Waals surface area (Å²) in [7, 11) is 0. The van der Waals surface area contributed by atoms with Gasteiger partial charge in [-0.05, 0) is 43.0 Å². The van der Waals surface area contributed by atoms with E-state index in [0.29, 0.717) is 48.1 Å². The highest BCUT2D eigenvalue weighted by atomic mass is 16.5. The molecule has 32 heavy (non-hydrogen) atoms. The smallest absolute Gasteiger partial charge is 0.339 e. The third-order valence-corrected chi connectivity index (χ3v) is 5.64. The first-order valence-electron chi connectivity index (χ1n) is 10.4.